The third-order valence-electron chi connectivity index (χ3n) is 10.1. The first-order chi connectivity index (χ1) is 23.5. The summed E-state index contributed by atoms with van der Waals surface area (Å²) < 4.78 is 0. The molecule has 0 spiro atoms. The number of nitrogens with zero attached hydrogens (tertiary/aromatic N) is 4. The second-order valence-corrected chi connectivity index (χ2v) is 12.3. The molecule has 48 heavy (non-hydrogen) atoms. The van der Waals surface area contributed by atoms with Crippen LogP contribution in [0.2, 0.25) is 0 Å². The molecule has 1 N–H and O–H groups in total. The van der Waals surface area contributed by atoms with Crippen LogP contribution in [0.4, 0.5) is 11.4 Å². The van der Waals surface area contributed by atoms with E-state index in [1.807, 2.05) is 30.3 Å². The normalized spacial score (nSPS) is 14.3. The van der Waals surface area contributed by atoms with E-state index >= 15 is 0 Å². The number of hydrogen-bond acceptors (Lipinski definition) is 5. The molecule has 6 aromatic carbocycles. The fourth-order valence-corrected chi connectivity index (χ4v) is 7.69. The van der Waals surface area contributed by atoms with Crippen molar-refractivity contribution in [3.05, 3.63) is 125 Å². The lowest BCUT2D eigenvalue weighted by Gasteiger charge is -2.36. The molecular weight excluding hydrogens is 589 g/mol. The van der Waals surface area contributed by atoms with Crippen LogP contribution in [0.25, 0.3) is 48.7 Å². The van der Waals surface area contributed by atoms with Crippen LogP contribution in [-0.2, 0) is 0 Å². The summed E-state index contributed by atoms with van der Waals surface area (Å²) in [6.45, 7) is 12.1. The highest BCUT2D eigenvalue weighted by atomic mass is 16.3. The third-order valence-corrected chi connectivity index (χ3v) is 10.1. The Morgan fingerprint density at radius 2 is 1.04 bits per heavy atom. The summed E-state index contributed by atoms with van der Waals surface area (Å²) in [5, 5.41) is 41.4. The molecule has 1 unspecified atom stereocenters. The average molecular weight is 627 g/mol. The van der Waals surface area contributed by atoms with Crippen molar-refractivity contribution in [3.8, 4) is 12.1 Å². The van der Waals surface area contributed by atoms with Crippen molar-refractivity contribution in [2.45, 2.75) is 33.6 Å². The lowest BCUT2D eigenvalue weighted by atomic mass is 9.68. The minimum Gasteiger partial charge on any atom is -0.511 e. The maximum atomic E-state index is 12.2. The number of aliphatic hydroxyl groups excluding tert-OH is 1. The lowest BCUT2D eigenvalue weighted by molar-refractivity contribution is 0.370. The molecule has 0 fully saturated rings. The molecule has 1 aliphatic carbocycles. The number of anilines is 2. The standard InChI is InChI=1S/C43H38N4O/c1-5-46(6-2)38-19-17-32(34-21-27-13-9-11-15-29(27)23-36(34)38)41-40(31(25-44)26-45)42(43(41)48)33-18-20-39(47(7-3)8-4)37-24-30-16-12-10-14-28(30)22-35(33)37/h9-24,41,48H,5-8H2,1-4H3. The number of rotatable bonds is 8. The Balaban J connectivity index is 1.53. The Kier molecular flexibility index (Phi) is 7.99. The van der Waals surface area contributed by atoms with Gasteiger partial charge in [0.2, 0.25) is 0 Å². The van der Waals surface area contributed by atoms with Crippen LogP contribution >= 0.6 is 0 Å². The van der Waals surface area contributed by atoms with Gasteiger partial charge in [0.15, 0.2) is 0 Å². The summed E-state index contributed by atoms with van der Waals surface area (Å²) in [6.07, 6.45) is 0. The molecule has 236 valence electrons. The van der Waals surface area contributed by atoms with Crippen LogP contribution in [0.3, 0.4) is 0 Å². The van der Waals surface area contributed by atoms with E-state index in [0.29, 0.717) is 11.1 Å². The van der Waals surface area contributed by atoms with Crippen molar-refractivity contribution in [2.75, 3.05) is 36.0 Å². The van der Waals surface area contributed by atoms with E-state index in [1.54, 1.807) is 0 Å². The Labute approximate surface area is 281 Å². The highest BCUT2D eigenvalue weighted by Crippen LogP contribution is 2.55. The molecule has 0 saturated heterocycles. The molecule has 1 aliphatic rings. The van der Waals surface area contributed by atoms with E-state index < -0.39 is 5.92 Å². The molecule has 5 nitrogen and oxygen atoms in total. The number of fused-ring (bicyclic) bond motifs is 4. The molecule has 0 bridgehead atoms. The molecule has 0 heterocycles. The fraction of sp³-hybridized carbons (Fsp3) is 0.209. The smallest absolute Gasteiger partial charge is 0.134 e. The van der Waals surface area contributed by atoms with Crippen LogP contribution in [0.5, 0.6) is 0 Å². The van der Waals surface area contributed by atoms with E-state index in [1.165, 1.54) is 0 Å². The highest BCUT2D eigenvalue weighted by Gasteiger charge is 2.41. The number of benzene rings is 6. The largest absolute Gasteiger partial charge is 0.511 e. The van der Waals surface area contributed by atoms with E-state index in [2.05, 4.69) is 116 Å². The summed E-state index contributed by atoms with van der Waals surface area (Å²) in [7, 11) is 0. The molecule has 1 atom stereocenters. The van der Waals surface area contributed by atoms with Gasteiger partial charge in [0.1, 0.15) is 23.5 Å². The summed E-state index contributed by atoms with van der Waals surface area (Å²) in [4.78, 5) is 4.67. The van der Waals surface area contributed by atoms with E-state index in [0.717, 1.165) is 91.8 Å². The molecule has 0 radical (unpaired) electrons. The zero-order valence-corrected chi connectivity index (χ0v) is 27.9. The van der Waals surface area contributed by atoms with E-state index in [4.69, 9.17) is 0 Å². The maximum absolute atomic E-state index is 12.2. The lowest BCUT2D eigenvalue weighted by Crippen LogP contribution is -2.24. The van der Waals surface area contributed by atoms with Gasteiger partial charge in [0.05, 0.1) is 5.92 Å². The minimum atomic E-state index is -0.610. The molecule has 0 amide bonds. The molecule has 5 heteroatoms. The third kappa shape index (κ3) is 4.74. The molecule has 0 aliphatic heterocycles. The van der Waals surface area contributed by atoms with Crippen molar-refractivity contribution in [1.82, 2.24) is 0 Å². The van der Waals surface area contributed by atoms with Crippen molar-refractivity contribution in [2.24, 2.45) is 0 Å². The number of hydrogen-bond donors (Lipinski definition) is 1. The van der Waals surface area contributed by atoms with Gasteiger partial charge in [-0.2, -0.15) is 10.5 Å². The van der Waals surface area contributed by atoms with Crippen molar-refractivity contribution >= 4 is 60.0 Å². The van der Waals surface area contributed by atoms with Gasteiger partial charge in [0, 0.05) is 59.5 Å². The van der Waals surface area contributed by atoms with Gasteiger partial charge in [-0.3, -0.25) is 0 Å². The van der Waals surface area contributed by atoms with Gasteiger partial charge in [-0.05, 0) is 108 Å². The second-order valence-electron chi connectivity index (χ2n) is 12.3. The van der Waals surface area contributed by atoms with Crippen LogP contribution in [0.15, 0.2) is 114 Å². The summed E-state index contributed by atoms with van der Waals surface area (Å²) >= 11 is 0. The Bertz CT molecular complexity index is 2380. The SMILES string of the molecule is CCN(CC)c1ccc(C2=C(O)C(c3ccc(N(CC)CC)c4cc5ccccc5cc34)C2=C(C#N)C#N)c2cc3ccccc3cc12. The van der Waals surface area contributed by atoms with Crippen molar-refractivity contribution < 1.29 is 5.11 Å². The first-order valence-electron chi connectivity index (χ1n) is 16.9. The summed E-state index contributed by atoms with van der Waals surface area (Å²) in [6, 6.07) is 38.1. The quantitative estimate of drug-likeness (QED) is 0.134. The van der Waals surface area contributed by atoms with Gasteiger partial charge in [0.25, 0.3) is 0 Å². The van der Waals surface area contributed by atoms with Gasteiger partial charge < -0.3 is 14.9 Å². The molecule has 0 saturated carbocycles. The average Bonchev–Trinajstić information content (AvgIpc) is 3.12. The summed E-state index contributed by atoms with van der Waals surface area (Å²) in [5.74, 6) is -0.426. The van der Waals surface area contributed by atoms with Gasteiger partial charge in [-0.1, -0.05) is 60.7 Å². The number of nitriles is 2. The van der Waals surface area contributed by atoms with Crippen molar-refractivity contribution in [1.29, 1.82) is 10.5 Å². The van der Waals surface area contributed by atoms with Gasteiger partial charge in [-0.15, -0.1) is 0 Å². The predicted octanol–water partition coefficient (Wildman–Crippen LogP) is 10.4. The maximum Gasteiger partial charge on any atom is 0.134 e. The molecular formula is C43H38N4O. The Morgan fingerprint density at radius 1 is 0.604 bits per heavy atom. The predicted molar refractivity (Wildman–Crippen MR) is 201 cm³/mol. The second kappa shape index (κ2) is 12.4. The first kappa shape index (κ1) is 30.9. The van der Waals surface area contributed by atoms with Crippen LogP contribution in [0.1, 0.15) is 44.7 Å². The number of aliphatic hydroxyl groups is 1. The van der Waals surface area contributed by atoms with E-state index in [9.17, 15) is 15.6 Å². The minimum absolute atomic E-state index is 0.0244. The Hall–Kier alpha value is -5.78. The molecule has 6 aromatic rings. The Morgan fingerprint density at radius 3 is 1.52 bits per heavy atom. The highest BCUT2D eigenvalue weighted by molar-refractivity contribution is 6.13. The van der Waals surface area contributed by atoms with Gasteiger partial charge in [-0.25, -0.2) is 0 Å². The molecule has 0 aromatic heterocycles. The van der Waals surface area contributed by atoms with Gasteiger partial charge >= 0.3 is 0 Å². The zero-order chi connectivity index (χ0) is 33.5. The van der Waals surface area contributed by atoms with Crippen LogP contribution in [0, 0.1) is 22.7 Å². The first-order valence-corrected chi connectivity index (χ1v) is 16.9. The number of allylic oxidation sites excluding steroid dienone is 3. The zero-order valence-electron chi connectivity index (χ0n) is 27.9. The van der Waals surface area contributed by atoms with Crippen LogP contribution < -0.4 is 9.80 Å². The topological polar surface area (TPSA) is 74.3 Å². The monoisotopic (exact) mass is 626 g/mol. The van der Waals surface area contributed by atoms with E-state index in [-0.39, 0.29) is 11.3 Å². The molecule has 7 rings (SSSR count). The van der Waals surface area contributed by atoms with Crippen LogP contribution in [-0.4, -0.2) is 31.3 Å². The fourth-order valence-electron chi connectivity index (χ4n) is 7.69. The summed E-state index contributed by atoms with van der Waals surface area (Å²) in [5.41, 5.74) is 5.14. The van der Waals surface area contributed by atoms with Crippen molar-refractivity contribution in [3.63, 3.8) is 0 Å².